The van der Waals surface area contributed by atoms with Crippen LogP contribution in [-0.2, 0) is 20.7 Å². The third-order valence-corrected chi connectivity index (χ3v) is 6.71. The van der Waals surface area contributed by atoms with Gasteiger partial charge in [0.05, 0.1) is 12.2 Å². The highest BCUT2D eigenvalue weighted by atomic mass is 35.5. The molecule has 0 fully saturated rings. The summed E-state index contributed by atoms with van der Waals surface area (Å²) in [6.45, 7) is 2.28. The number of carbonyl (C=O) groups excluding carboxylic acids is 3. The van der Waals surface area contributed by atoms with E-state index in [9.17, 15) is 14.4 Å². The summed E-state index contributed by atoms with van der Waals surface area (Å²) in [5, 5.41) is 4.39. The fourth-order valence-corrected chi connectivity index (χ4v) is 4.67. The summed E-state index contributed by atoms with van der Waals surface area (Å²) in [5.74, 6) is -1.66. The predicted molar refractivity (Wildman–Crippen MR) is 150 cm³/mol. The van der Waals surface area contributed by atoms with Crippen LogP contribution in [0.25, 0.3) is 10.9 Å². The lowest BCUT2D eigenvalue weighted by atomic mass is 10.0. The summed E-state index contributed by atoms with van der Waals surface area (Å²) in [6.07, 6.45) is 2.24. The van der Waals surface area contributed by atoms with Crippen molar-refractivity contribution in [2.75, 3.05) is 23.9 Å². The molecular formula is C29H27Cl2N3O4. The molecule has 0 radical (unpaired) electrons. The van der Waals surface area contributed by atoms with Gasteiger partial charge in [-0.1, -0.05) is 48.0 Å². The molecule has 0 aliphatic heterocycles. The average Bonchev–Trinajstić information content (AvgIpc) is 3.36. The normalized spacial score (nSPS) is 11.7. The average molecular weight is 552 g/mol. The minimum absolute atomic E-state index is 0.244. The van der Waals surface area contributed by atoms with Crippen molar-refractivity contribution in [1.29, 1.82) is 0 Å². The molecule has 1 aromatic heterocycles. The number of carbonyl (C=O) groups is 3. The number of hydrogen-bond donors (Lipinski definition) is 2. The van der Waals surface area contributed by atoms with Crippen molar-refractivity contribution >= 4 is 57.6 Å². The Hall–Kier alpha value is -3.81. The first-order valence-electron chi connectivity index (χ1n) is 12.2. The molecule has 0 saturated heterocycles. The number of hydrogen-bond acceptors (Lipinski definition) is 4. The van der Waals surface area contributed by atoms with Gasteiger partial charge in [-0.25, -0.2) is 4.79 Å². The highest BCUT2D eigenvalue weighted by molar-refractivity contribution is 6.31. The van der Waals surface area contributed by atoms with E-state index in [1.165, 1.54) is 4.90 Å². The molecule has 1 heterocycles. The second-order valence-electron chi connectivity index (χ2n) is 8.49. The maximum atomic E-state index is 13.8. The molecule has 0 aliphatic rings. The van der Waals surface area contributed by atoms with Gasteiger partial charge in [0.15, 0.2) is 0 Å². The molecule has 1 atom stereocenters. The minimum Gasteiger partial charge on any atom is -0.462 e. The monoisotopic (exact) mass is 551 g/mol. The molecule has 7 nitrogen and oxygen atoms in total. The van der Waals surface area contributed by atoms with Gasteiger partial charge in [-0.05, 0) is 55.3 Å². The van der Waals surface area contributed by atoms with Crippen molar-refractivity contribution < 1.29 is 19.1 Å². The number of nitrogens with zero attached hydrogens (tertiary/aromatic N) is 1. The van der Waals surface area contributed by atoms with E-state index in [1.54, 1.807) is 43.5 Å². The van der Waals surface area contributed by atoms with Crippen molar-refractivity contribution in [3.63, 3.8) is 0 Å². The number of amides is 2. The molecule has 4 rings (SSSR count). The summed E-state index contributed by atoms with van der Waals surface area (Å²) in [5.41, 5.74) is 3.10. The lowest BCUT2D eigenvalue weighted by molar-refractivity contribution is -0.125. The smallest absolute Gasteiger partial charge is 0.338 e. The zero-order valence-electron chi connectivity index (χ0n) is 20.7. The molecule has 0 aliphatic carbocycles. The summed E-state index contributed by atoms with van der Waals surface area (Å²) in [7, 11) is 0. The number of H-pyrrole nitrogens is 1. The van der Waals surface area contributed by atoms with Gasteiger partial charge in [-0.3, -0.25) is 14.5 Å². The van der Waals surface area contributed by atoms with E-state index < -0.39 is 17.9 Å². The van der Waals surface area contributed by atoms with Gasteiger partial charge in [0, 0.05) is 39.9 Å². The molecule has 9 heteroatoms. The van der Waals surface area contributed by atoms with Crippen LogP contribution in [0.2, 0.25) is 5.02 Å². The summed E-state index contributed by atoms with van der Waals surface area (Å²) < 4.78 is 5.06. The van der Waals surface area contributed by atoms with Crippen molar-refractivity contribution in [2.24, 2.45) is 0 Å². The fraction of sp³-hybridized carbons (Fsp3) is 0.207. The molecule has 38 heavy (non-hydrogen) atoms. The zero-order valence-corrected chi connectivity index (χ0v) is 22.3. The molecule has 0 saturated carbocycles. The maximum Gasteiger partial charge on any atom is 0.338 e. The van der Waals surface area contributed by atoms with Gasteiger partial charge >= 0.3 is 5.97 Å². The maximum absolute atomic E-state index is 13.8. The topological polar surface area (TPSA) is 91.5 Å². The van der Waals surface area contributed by atoms with Crippen LogP contribution in [0.15, 0.2) is 79.0 Å². The Morgan fingerprint density at radius 2 is 1.71 bits per heavy atom. The molecular weight excluding hydrogens is 525 g/mol. The Morgan fingerprint density at radius 3 is 2.42 bits per heavy atom. The van der Waals surface area contributed by atoms with Crippen LogP contribution in [0, 0.1) is 0 Å². The third-order valence-electron chi connectivity index (χ3n) is 6.11. The highest BCUT2D eigenvalue weighted by Gasteiger charge is 2.34. The van der Waals surface area contributed by atoms with E-state index in [2.05, 4.69) is 10.3 Å². The zero-order chi connectivity index (χ0) is 27.1. The number of rotatable bonds is 10. The SMILES string of the molecule is CCOC(=O)c1ccc(N(C(=O)CCl)C(C(=O)NCCc2ccccc2Cl)c2c[nH]c3ccccc23)cc1. The first kappa shape index (κ1) is 27.2. The number of esters is 1. The standard InChI is InChI=1S/C29H27Cl2N3O4/c1-2-38-29(37)20-11-13-21(14-12-20)34(26(35)17-30)27(23-18-33-25-10-6-4-8-22(23)25)28(36)32-16-15-19-7-3-5-9-24(19)31/h3-14,18,27,33H,2,15-17H2,1H3,(H,32,36). The first-order chi connectivity index (χ1) is 18.4. The summed E-state index contributed by atoms with van der Waals surface area (Å²) in [4.78, 5) is 43.7. The number of para-hydroxylation sites is 1. The predicted octanol–water partition coefficient (Wildman–Crippen LogP) is 5.67. The van der Waals surface area contributed by atoms with Crippen molar-refractivity contribution in [1.82, 2.24) is 10.3 Å². The van der Waals surface area contributed by atoms with Crippen molar-refractivity contribution in [3.8, 4) is 0 Å². The fourth-order valence-electron chi connectivity index (χ4n) is 4.31. The van der Waals surface area contributed by atoms with E-state index in [1.807, 2.05) is 42.5 Å². The Kier molecular flexibility index (Phi) is 9.05. The van der Waals surface area contributed by atoms with E-state index in [4.69, 9.17) is 27.9 Å². The number of aromatic nitrogens is 1. The van der Waals surface area contributed by atoms with Crippen molar-refractivity contribution in [2.45, 2.75) is 19.4 Å². The second kappa shape index (κ2) is 12.6. The number of aromatic amines is 1. The van der Waals surface area contributed by atoms with E-state index in [0.717, 1.165) is 16.5 Å². The highest BCUT2D eigenvalue weighted by Crippen LogP contribution is 2.33. The van der Waals surface area contributed by atoms with Gasteiger partial charge < -0.3 is 15.0 Å². The summed E-state index contributed by atoms with van der Waals surface area (Å²) >= 11 is 12.3. The molecule has 196 valence electrons. The lowest BCUT2D eigenvalue weighted by Gasteiger charge is -2.31. The molecule has 0 bridgehead atoms. The third kappa shape index (κ3) is 6.01. The Bertz CT molecular complexity index is 1440. The molecule has 1 unspecified atom stereocenters. The first-order valence-corrected chi connectivity index (χ1v) is 13.1. The minimum atomic E-state index is -1.03. The van der Waals surface area contributed by atoms with Crippen LogP contribution in [0.1, 0.15) is 34.5 Å². The van der Waals surface area contributed by atoms with Crippen LogP contribution >= 0.6 is 23.2 Å². The van der Waals surface area contributed by atoms with Crippen molar-refractivity contribution in [3.05, 3.63) is 101 Å². The van der Waals surface area contributed by atoms with Gasteiger partial charge in [-0.2, -0.15) is 0 Å². The van der Waals surface area contributed by atoms with Gasteiger partial charge in [-0.15, -0.1) is 11.6 Å². The molecule has 2 amide bonds. The lowest BCUT2D eigenvalue weighted by Crippen LogP contribution is -2.45. The van der Waals surface area contributed by atoms with E-state index in [0.29, 0.717) is 34.8 Å². The van der Waals surface area contributed by atoms with Gasteiger partial charge in [0.25, 0.3) is 0 Å². The molecule has 4 aromatic rings. The Morgan fingerprint density at radius 1 is 1.00 bits per heavy atom. The number of fused-ring (bicyclic) bond motifs is 1. The van der Waals surface area contributed by atoms with Crippen LogP contribution in [0.3, 0.4) is 0 Å². The van der Waals surface area contributed by atoms with E-state index >= 15 is 0 Å². The number of halogens is 2. The Balaban J connectivity index is 1.71. The van der Waals surface area contributed by atoms with Gasteiger partial charge in [0.2, 0.25) is 11.8 Å². The van der Waals surface area contributed by atoms with Gasteiger partial charge in [0.1, 0.15) is 11.9 Å². The number of nitrogens with one attached hydrogen (secondary N) is 2. The largest absolute Gasteiger partial charge is 0.462 e. The van der Waals surface area contributed by atoms with Crippen LogP contribution in [0.5, 0.6) is 0 Å². The number of ether oxygens (including phenoxy) is 1. The number of anilines is 1. The van der Waals surface area contributed by atoms with Crippen LogP contribution in [0.4, 0.5) is 5.69 Å². The molecule has 3 aromatic carbocycles. The number of alkyl halides is 1. The molecule has 0 spiro atoms. The van der Waals surface area contributed by atoms with Crippen LogP contribution < -0.4 is 10.2 Å². The van der Waals surface area contributed by atoms with Crippen LogP contribution in [-0.4, -0.2) is 41.8 Å². The summed E-state index contributed by atoms with van der Waals surface area (Å²) in [6, 6.07) is 20.3. The number of benzene rings is 3. The second-order valence-corrected chi connectivity index (χ2v) is 9.16. The quantitative estimate of drug-likeness (QED) is 0.196. The molecule has 2 N–H and O–H groups in total. The Labute approximate surface area is 230 Å². The van der Waals surface area contributed by atoms with E-state index in [-0.39, 0.29) is 18.4 Å².